The number of nitrogens with one attached hydrogen (secondary N) is 3. The molecule has 12 heteroatoms. The summed E-state index contributed by atoms with van der Waals surface area (Å²) in [6.45, 7) is 10.2. The number of fused-ring (bicyclic) bond motifs is 3. The fraction of sp³-hybridized carbons (Fsp3) is 0.594. The summed E-state index contributed by atoms with van der Waals surface area (Å²) in [7, 11) is 3.18. The van der Waals surface area contributed by atoms with Crippen LogP contribution in [0.25, 0.3) is 11.1 Å². The van der Waals surface area contributed by atoms with E-state index in [-0.39, 0.29) is 31.6 Å². The maximum absolute atomic E-state index is 15.0. The first-order valence-corrected chi connectivity index (χ1v) is 43.2. The highest BCUT2D eigenvalue weighted by Crippen LogP contribution is 2.45. The van der Waals surface area contributed by atoms with Crippen molar-refractivity contribution in [1.29, 1.82) is 0 Å². The third kappa shape index (κ3) is 34.2. The van der Waals surface area contributed by atoms with Crippen LogP contribution in [0.3, 0.4) is 0 Å². The van der Waals surface area contributed by atoms with Gasteiger partial charge in [0.15, 0.2) is 6.61 Å². The summed E-state index contributed by atoms with van der Waals surface area (Å²) >= 11 is 0. The standard InChI is InChI=1S/C96H141N3O9/c1-7-9-11-13-15-17-19-21-23-25-27-29-31-33-35-37-39-41-43-49-66-105-83-63-60-80(91(72-83)106-67-50-44-42-40-38-36-34-32-30-28-26-24-22-20-18-16-14-12-10-8-2)73-97-93(100)75-107-81-61-58-79(59-62-81)94(88-65-64-82(103-5)71-92(88)104-6)99-95(101)90(57-51-52-78-69-76(3)68-77(4)70-78)98-96(102)108-74-89-86-55-47-45-53-84(86)85-54-46-48-56-87(85)89/h45-48,53-56,58-65,68-72,89-90,94H,7-44,49-52,57,66-67,73-75H2,1-6H3,(H,97,100)(H,98,102)(H,99,101)/t90-,94?/m0/s1. The van der Waals surface area contributed by atoms with Gasteiger partial charge in [-0.05, 0) is 116 Å². The van der Waals surface area contributed by atoms with Crippen LogP contribution in [0.2, 0.25) is 0 Å². The molecule has 594 valence electrons. The van der Waals surface area contributed by atoms with Crippen LogP contribution in [0.4, 0.5) is 4.79 Å². The van der Waals surface area contributed by atoms with Gasteiger partial charge in [0, 0.05) is 35.7 Å². The number of aryl methyl sites for hydroxylation is 3. The van der Waals surface area contributed by atoms with Crippen LogP contribution in [0.1, 0.15) is 340 Å². The lowest BCUT2D eigenvalue weighted by molar-refractivity contribution is -0.124. The fourth-order valence-electron chi connectivity index (χ4n) is 15.6. The Morgan fingerprint density at radius 2 is 0.861 bits per heavy atom. The lowest BCUT2D eigenvalue weighted by Crippen LogP contribution is -2.48. The van der Waals surface area contributed by atoms with E-state index in [1.54, 1.807) is 32.4 Å². The predicted molar refractivity (Wildman–Crippen MR) is 448 cm³/mol. The molecule has 6 aromatic rings. The van der Waals surface area contributed by atoms with Crippen LogP contribution in [0.5, 0.6) is 28.7 Å². The van der Waals surface area contributed by atoms with Gasteiger partial charge < -0.3 is 44.4 Å². The maximum atomic E-state index is 15.0. The van der Waals surface area contributed by atoms with Gasteiger partial charge in [-0.25, -0.2) is 4.79 Å². The number of hydrogen-bond donors (Lipinski definition) is 3. The summed E-state index contributed by atoms with van der Waals surface area (Å²) in [5, 5.41) is 9.36. The Morgan fingerprint density at radius 1 is 0.417 bits per heavy atom. The average molecular weight is 1480 g/mol. The van der Waals surface area contributed by atoms with E-state index in [1.807, 2.05) is 66.7 Å². The van der Waals surface area contributed by atoms with Crippen molar-refractivity contribution < 1.29 is 42.8 Å². The summed E-state index contributed by atoms with van der Waals surface area (Å²) in [5.74, 6) is 2.27. The van der Waals surface area contributed by atoms with Crippen molar-refractivity contribution in [2.24, 2.45) is 0 Å². The number of alkyl carbamates (subject to hydrolysis) is 1. The number of rotatable bonds is 62. The maximum Gasteiger partial charge on any atom is 0.407 e. The largest absolute Gasteiger partial charge is 0.497 e. The van der Waals surface area contributed by atoms with Crippen LogP contribution in [0, 0.1) is 13.8 Å². The van der Waals surface area contributed by atoms with Gasteiger partial charge in [0.1, 0.15) is 41.4 Å². The molecule has 1 aliphatic carbocycles. The molecule has 0 fully saturated rings. The smallest absolute Gasteiger partial charge is 0.407 e. The number of carbonyl (C=O) groups is 3. The van der Waals surface area contributed by atoms with Crippen molar-refractivity contribution >= 4 is 17.9 Å². The molecule has 1 unspecified atom stereocenters. The first-order valence-electron chi connectivity index (χ1n) is 43.2. The Kier molecular flexibility index (Phi) is 44.0. The first kappa shape index (κ1) is 87.8. The number of hydrogen-bond acceptors (Lipinski definition) is 9. The van der Waals surface area contributed by atoms with E-state index in [4.69, 9.17) is 28.4 Å². The number of amides is 3. The van der Waals surface area contributed by atoms with Crippen LogP contribution < -0.4 is 39.6 Å². The van der Waals surface area contributed by atoms with Gasteiger partial charge in [-0.2, -0.15) is 0 Å². The van der Waals surface area contributed by atoms with E-state index >= 15 is 0 Å². The highest BCUT2D eigenvalue weighted by atomic mass is 16.5. The molecule has 0 saturated carbocycles. The highest BCUT2D eigenvalue weighted by Gasteiger charge is 2.31. The minimum Gasteiger partial charge on any atom is -0.497 e. The minimum absolute atomic E-state index is 0.109. The van der Waals surface area contributed by atoms with Gasteiger partial charge in [-0.15, -0.1) is 0 Å². The number of ether oxygens (including phenoxy) is 6. The molecule has 0 heterocycles. The number of methoxy groups -OCH3 is 2. The van der Waals surface area contributed by atoms with Crippen molar-refractivity contribution in [3.63, 3.8) is 0 Å². The molecule has 3 amide bonds. The number of unbranched alkanes of at least 4 members (excludes halogenated alkanes) is 38. The highest BCUT2D eigenvalue weighted by molar-refractivity contribution is 5.86. The van der Waals surface area contributed by atoms with Crippen LogP contribution in [0.15, 0.2) is 127 Å². The second-order valence-corrected chi connectivity index (χ2v) is 31.0. The van der Waals surface area contributed by atoms with Gasteiger partial charge in [0.05, 0.1) is 33.5 Å². The lowest BCUT2D eigenvalue weighted by Gasteiger charge is -2.26. The molecular weight excluding hydrogens is 1340 g/mol. The topological polar surface area (TPSA) is 143 Å². The van der Waals surface area contributed by atoms with Gasteiger partial charge in [0.25, 0.3) is 5.91 Å². The van der Waals surface area contributed by atoms with Gasteiger partial charge in [-0.3, -0.25) is 9.59 Å². The first-order chi connectivity index (χ1) is 53.1. The molecule has 108 heavy (non-hydrogen) atoms. The SMILES string of the molecule is CCCCCCCCCCCCCCCCCCCCCCOc1ccc(CNC(=O)COc2ccc(C(NC(=O)[C@H](CCCc3cc(C)cc(C)c3)NC(=O)OCC3c4ccccc4-c4ccccc43)c3ccc(OC)cc3OC)cc2)c(OCCCCCCCCCCCCCCCCCCCCCC)c1. The molecular formula is C96H141N3O9. The molecule has 0 aliphatic heterocycles. The van der Waals surface area contributed by atoms with Crippen molar-refractivity contribution in [3.8, 4) is 39.9 Å². The molecule has 0 aromatic heterocycles. The molecule has 3 N–H and O–H groups in total. The molecule has 0 bridgehead atoms. The molecule has 0 saturated heterocycles. The summed E-state index contributed by atoms with van der Waals surface area (Å²) < 4.78 is 36.6. The third-order valence-corrected chi connectivity index (χ3v) is 21.9. The molecule has 7 rings (SSSR count). The van der Waals surface area contributed by atoms with E-state index in [2.05, 4.69) is 86.1 Å². The van der Waals surface area contributed by atoms with Crippen LogP contribution in [-0.4, -0.2) is 64.6 Å². The monoisotopic (exact) mass is 1480 g/mol. The summed E-state index contributed by atoms with van der Waals surface area (Å²) in [6.07, 6.45) is 55.0. The second-order valence-electron chi connectivity index (χ2n) is 31.0. The Morgan fingerprint density at radius 3 is 1.34 bits per heavy atom. The molecule has 0 spiro atoms. The predicted octanol–water partition coefficient (Wildman–Crippen LogP) is 25.6. The van der Waals surface area contributed by atoms with Crippen LogP contribution >= 0.6 is 0 Å². The molecule has 2 atom stereocenters. The van der Waals surface area contributed by atoms with Crippen LogP contribution in [-0.2, 0) is 27.3 Å². The van der Waals surface area contributed by atoms with Crippen molar-refractivity contribution in [1.82, 2.24) is 16.0 Å². The summed E-state index contributed by atoms with van der Waals surface area (Å²) in [6, 6.07) is 40.0. The van der Waals surface area contributed by atoms with E-state index in [1.165, 1.54) is 254 Å². The zero-order chi connectivity index (χ0) is 76.3. The van der Waals surface area contributed by atoms with E-state index < -0.39 is 24.1 Å². The van der Waals surface area contributed by atoms with E-state index in [0.29, 0.717) is 55.3 Å². The van der Waals surface area contributed by atoms with E-state index in [0.717, 1.165) is 64.1 Å². The quantitative estimate of drug-likeness (QED) is 0.0318. The Labute approximate surface area is 653 Å². The van der Waals surface area contributed by atoms with E-state index in [9.17, 15) is 14.4 Å². The molecule has 12 nitrogen and oxygen atoms in total. The number of benzene rings is 6. The Bertz CT molecular complexity index is 3360. The zero-order valence-corrected chi connectivity index (χ0v) is 68.0. The second kappa shape index (κ2) is 54.2. The van der Waals surface area contributed by atoms with Crippen molar-refractivity contribution in [2.75, 3.05) is 40.6 Å². The molecule has 1 aliphatic rings. The Hall–Kier alpha value is -7.47. The third-order valence-electron chi connectivity index (χ3n) is 21.9. The Balaban J connectivity index is 0.892. The minimum atomic E-state index is -0.954. The van der Waals surface area contributed by atoms with Crippen molar-refractivity contribution in [2.45, 2.75) is 328 Å². The number of carbonyl (C=O) groups excluding carboxylic acids is 3. The summed E-state index contributed by atoms with van der Waals surface area (Å²) in [5.41, 5.74) is 10.2. The normalized spacial score (nSPS) is 12.3. The molecule has 0 radical (unpaired) electrons. The molecule has 6 aromatic carbocycles. The fourth-order valence-corrected chi connectivity index (χ4v) is 15.6. The van der Waals surface area contributed by atoms with Gasteiger partial charge in [-0.1, -0.05) is 348 Å². The summed E-state index contributed by atoms with van der Waals surface area (Å²) in [4.78, 5) is 42.7. The average Bonchev–Trinajstić information content (AvgIpc) is 1.61. The van der Waals surface area contributed by atoms with Crippen molar-refractivity contribution in [3.05, 3.63) is 172 Å². The van der Waals surface area contributed by atoms with Gasteiger partial charge in [0.2, 0.25) is 5.91 Å². The zero-order valence-electron chi connectivity index (χ0n) is 68.0. The van der Waals surface area contributed by atoms with Gasteiger partial charge >= 0.3 is 6.09 Å². The lowest BCUT2D eigenvalue weighted by atomic mass is 9.96.